The molecule has 4 rings (SSSR count). The Bertz CT molecular complexity index is 1010. The second-order valence-electron chi connectivity index (χ2n) is 7.72. The van der Waals surface area contributed by atoms with Gasteiger partial charge in [0, 0.05) is 6.04 Å². The highest BCUT2D eigenvalue weighted by Crippen LogP contribution is 2.50. The molecule has 0 aromatic heterocycles. The summed E-state index contributed by atoms with van der Waals surface area (Å²) in [6.07, 6.45) is 0. The van der Waals surface area contributed by atoms with E-state index in [4.69, 9.17) is 4.74 Å². The molecular formula is C22H21FN2O4. The monoisotopic (exact) mass is 396 g/mol. The van der Waals surface area contributed by atoms with E-state index in [-0.39, 0.29) is 5.69 Å². The number of methoxy groups -OCH3 is 1. The standard InChI is InChI=1S/C22H21FN2O4/c1-12-5-4-6-13(11-12)18-16-17(22(2,24-18)21(28)29-3)20(27)25(19(16)26)15-9-7-14(23)8-10-15/h4-11,16-18,24H,1-3H3/t16-,17-,18+,22+/m0/s1. The Labute approximate surface area is 167 Å². The predicted molar refractivity (Wildman–Crippen MR) is 103 cm³/mol. The van der Waals surface area contributed by atoms with E-state index in [1.165, 1.54) is 31.4 Å². The van der Waals surface area contributed by atoms with Crippen LogP contribution in [0, 0.1) is 24.6 Å². The number of amides is 2. The summed E-state index contributed by atoms with van der Waals surface area (Å²) in [5.41, 5.74) is 0.732. The van der Waals surface area contributed by atoms with Crippen LogP contribution >= 0.6 is 0 Å². The number of nitrogens with one attached hydrogen (secondary N) is 1. The van der Waals surface area contributed by atoms with Crippen LogP contribution in [0.5, 0.6) is 0 Å². The lowest BCUT2D eigenvalue weighted by Crippen LogP contribution is -2.54. The van der Waals surface area contributed by atoms with Crippen molar-refractivity contribution in [3.63, 3.8) is 0 Å². The van der Waals surface area contributed by atoms with Gasteiger partial charge in [0.15, 0.2) is 0 Å². The molecule has 0 radical (unpaired) electrons. The average molecular weight is 396 g/mol. The number of aryl methyl sites for hydroxylation is 1. The predicted octanol–water partition coefficient (Wildman–Crippen LogP) is 2.52. The van der Waals surface area contributed by atoms with Crippen LogP contribution in [0.4, 0.5) is 10.1 Å². The number of anilines is 1. The molecule has 0 aliphatic carbocycles. The lowest BCUT2D eigenvalue weighted by molar-refractivity contribution is -0.151. The maximum absolute atomic E-state index is 13.4. The van der Waals surface area contributed by atoms with Gasteiger partial charge in [-0.05, 0) is 43.7 Å². The molecular weight excluding hydrogens is 375 g/mol. The van der Waals surface area contributed by atoms with Crippen molar-refractivity contribution in [3.05, 3.63) is 65.5 Å². The maximum atomic E-state index is 13.4. The van der Waals surface area contributed by atoms with E-state index in [9.17, 15) is 18.8 Å². The molecule has 4 atom stereocenters. The molecule has 2 aliphatic rings. The van der Waals surface area contributed by atoms with Gasteiger partial charge < -0.3 is 4.74 Å². The smallest absolute Gasteiger partial charge is 0.326 e. The van der Waals surface area contributed by atoms with Crippen LogP contribution in [-0.2, 0) is 19.1 Å². The van der Waals surface area contributed by atoms with Crippen LogP contribution < -0.4 is 10.2 Å². The zero-order valence-electron chi connectivity index (χ0n) is 16.3. The van der Waals surface area contributed by atoms with Crippen LogP contribution in [0.3, 0.4) is 0 Å². The first-order valence-corrected chi connectivity index (χ1v) is 9.34. The van der Waals surface area contributed by atoms with Crippen molar-refractivity contribution in [1.82, 2.24) is 5.32 Å². The number of halogens is 1. The molecule has 7 heteroatoms. The van der Waals surface area contributed by atoms with Gasteiger partial charge in [-0.3, -0.25) is 19.7 Å². The number of benzene rings is 2. The fourth-order valence-electron chi connectivity index (χ4n) is 4.53. The summed E-state index contributed by atoms with van der Waals surface area (Å²) >= 11 is 0. The first-order valence-electron chi connectivity index (χ1n) is 9.34. The summed E-state index contributed by atoms with van der Waals surface area (Å²) in [4.78, 5) is 40.4. The fraction of sp³-hybridized carbons (Fsp3) is 0.318. The third-order valence-electron chi connectivity index (χ3n) is 5.88. The van der Waals surface area contributed by atoms with Crippen LogP contribution in [0.25, 0.3) is 0 Å². The van der Waals surface area contributed by atoms with Gasteiger partial charge in [-0.1, -0.05) is 29.8 Å². The molecule has 0 saturated carbocycles. The minimum Gasteiger partial charge on any atom is -0.468 e. The van der Waals surface area contributed by atoms with Crippen LogP contribution in [-0.4, -0.2) is 30.4 Å². The molecule has 150 valence electrons. The van der Waals surface area contributed by atoms with Crippen molar-refractivity contribution in [1.29, 1.82) is 0 Å². The summed E-state index contributed by atoms with van der Waals surface area (Å²) < 4.78 is 18.3. The van der Waals surface area contributed by atoms with E-state index >= 15 is 0 Å². The molecule has 1 N–H and O–H groups in total. The molecule has 2 saturated heterocycles. The van der Waals surface area contributed by atoms with Gasteiger partial charge in [0.1, 0.15) is 11.4 Å². The summed E-state index contributed by atoms with van der Waals surface area (Å²) in [6.45, 7) is 3.52. The fourth-order valence-corrected chi connectivity index (χ4v) is 4.53. The van der Waals surface area contributed by atoms with Crippen molar-refractivity contribution in [3.8, 4) is 0 Å². The highest BCUT2D eigenvalue weighted by Gasteiger charge is 2.67. The van der Waals surface area contributed by atoms with Gasteiger partial charge in [0.05, 0.1) is 24.6 Å². The summed E-state index contributed by atoms with van der Waals surface area (Å²) in [5, 5.41) is 3.20. The van der Waals surface area contributed by atoms with E-state index in [1.54, 1.807) is 6.92 Å². The minimum atomic E-state index is -1.37. The number of imide groups is 1. The third-order valence-corrected chi connectivity index (χ3v) is 5.88. The number of carbonyl (C=O) groups excluding carboxylic acids is 3. The van der Waals surface area contributed by atoms with Crippen molar-refractivity contribution < 1.29 is 23.5 Å². The molecule has 29 heavy (non-hydrogen) atoms. The summed E-state index contributed by atoms with van der Waals surface area (Å²) in [6, 6.07) is 12.2. The molecule has 2 heterocycles. The number of esters is 1. The molecule has 2 aromatic rings. The molecule has 2 amide bonds. The molecule has 2 aromatic carbocycles. The Kier molecular flexibility index (Phi) is 4.50. The number of fused-ring (bicyclic) bond motifs is 1. The molecule has 0 unspecified atom stereocenters. The minimum absolute atomic E-state index is 0.283. The number of hydrogen-bond acceptors (Lipinski definition) is 5. The first kappa shape index (κ1) is 19.3. The van der Waals surface area contributed by atoms with Crippen LogP contribution in [0.1, 0.15) is 24.1 Å². The first-order chi connectivity index (χ1) is 13.8. The number of nitrogens with zero attached hydrogens (tertiary/aromatic N) is 1. The zero-order chi connectivity index (χ0) is 20.9. The number of hydrogen-bond donors (Lipinski definition) is 1. The zero-order valence-corrected chi connectivity index (χ0v) is 16.3. The van der Waals surface area contributed by atoms with Gasteiger partial charge in [-0.2, -0.15) is 0 Å². The second kappa shape index (κ2) is 6.77. The normalized spacial score (nSPS) is 28.6. The van der Waals surface area contributed by atoms with Crippen LogP contribution in [0.2, 0.25) is 0 Å². The van der Waals surface area contributed by atoms with E-state index in [0.29, 0.717) is 0 Å². The molecule has 6 nitrogen and oxygen atoms in total. The topological polar surface area (TPSA) is 75.7 Å². The van der Waals surface area contributed by atoms with E-state index < -0.39 is 47.0 Å². The quantitative estimate of drug-likeness (QED) is 0.637. The van der Waals surface area contributed by atoms with E-state index in [0.717, 1.165) is 16.0 Å². The Morgan fingerprint density at radius 3 is 2.45 bits per heavy atom. The van der Waals surface area contributed by atoms with Crippen molar-refractivity contribution in [2.45, 2.75) is 25.4 Å². The Hall–Kier alpha value is -3.06. The van der Waals surface area contributed by atoms with Crippen molar-refractivity contribution in [2.24, 2.45) is 11.8 Å². The lowest BCUT2D eigenvalue weighted by Gasteiger charge is -2.28. The summed E-state index contributed by atoms with van der Waals surface area (Å²) in [7, 11) is 1.25. The number of ether oxygens (including phenoxy) is 1. The summed E-state index contributed by atoms with van der Waals surface area (Å²) in [5.74, 6) is -3.70. The van der Waals surface area contributed by atoms with Crippen LogP contribution in [0.15, 0.2) is 48.5 Å². The average Bonchev–Trinajstić information content (AvgIpc) is 3.16. The van der Waals surface area contributed by atoms with Gasteiger partial charge in [0.25, 0.3) is 0 Å². The van der Waals surface area contributed by atoms with E-state index in [1.807, 2.05) is 31.2 Å². The van der Waals surface area contributed by atoms with Crippen molar-refractivity contribution in [2.75, 3.05) is 12.0 Å². The molecule has 2 aliphatic heterocycles. The van der Waals surface area contributed by atoms with E-state index in [2.05, 4.69) is 5.32 Å². The molecule has 0 bridgehead atoms. The third kappa shape index (κ3) is 2.84. The largest absolute Gasteiger partial charge is 0.468 e. The lowest BCUT2D eigenvalue weighted by atomic mass is 9.80. The highest BCUT2D eigenvalue weighted by atomic mass is 19.1. The highest BCUT2D eigenvalue weighted by molar-refractivity contribution is 6.24. The van der Waals surface area contributed by atoms with Gasteiger partial charge in [-0.15, -0.1) is 0 Å². The SMILES string of the molecule is COC(=O)[C@]1(C)N[C@H](c2cccc(C)c2)[C@H]2C(=O)N(c3ccc(F)cc3)C(=O)[C@H]21. The number of rotatable bonds is 3. The Balaban J connectivity index is 1.83. The maximum Gasteiger partial charge on any atom is 0.326 e. The molecule has 0 spiro atoms. The molecule has 2 fully saturated rings. The van der Waals surface area contributed by atoms with Gasteiger partial charge >= 0.3 is 5.97 Å². The van der Waals surface area contributed by atoms with Crippen molar-refractivity contribution >= 4 is 23.5 Å². The van der Waals surface area contributed by atoms with Gasteiger partial charge in [0.2, 0.25) is 11.8 Å². The number of carbonyl (C=O) groups is 3. The second-order valence-corrected chi connectivity index (χ2v) is 7.72. The Morgan fingerprint density at radius 2 is 1.83 bits per heavy atom. The van der Waals surface area contributed by atoms with Gasteiger partial charge in [-0.25, -0.2) is 9.29 Å². The Morgan fingerprint density at radius 1 is 1.14 bits per heavy atom.